The Hall–Kier alpha value is -3.54. The molecule has 3 aromatic rings. The number of carbonyl (C=O) groups excluding carboxylic acids is 1. The van der Waals surface area contributed by atoms with Crippen LogP contribution in [-0.2, 0) is 0 Å². The number of aromatic amines is 1. The lowest BCUT2D eigenvalue weighted by molar-refractivity contribution is 0.106. The Bertz CT molecular complexity index is 898. The molecule has 6 heteroatoms. The van der Waals surface area contributed by atoms with Crippen LogP contribution in [0.5, 0.6) is 0 Å². The van der Waals surface area contributed by atoms with Crippen LogP contribution < -0.4 is 5.43 Å². The average molecular weight is 331 g/mol. The minimum atomic E-state index is -0.222. The van der Waals surface area contributed by atoms with E-state index in [9.17, 15) is 4.79 Å². The maximum atomic E-state index is 12.7. The van der Waals surface area contributed by atoms with Crippen molar-refractivity contribution in [2.45, 2.75) is 6.92 Å². The Morgan fingerprint density at radius 2 is 1.76 bits per heavy atom. The van der Waals surface area contributed by atoms with Gasteiger partial charge in [-0.25, -0.2) is 4.99 Å². The number of carbonyl (C=O) groups is 1. The van der Waals surface area contributed by atoms with Gasteiger partial charge in [0.15, 0.2) is 5.82 Å². The van der Waals surface area contributed by atoms with E-state index in [4.69, 9.17) is 0 Å². The lowest BCUT2D eigenvalue weighted by Gasteiger charge is -2.03. The van der Waals surface area contributed by atoms with E-state index in [1.165, 1.54) is 6.21 Å². The van der Waals surface area contributed by atoms with Crippen LogP contribution in [-0.4, -0.2) is 27.9 Å². The fourth-order valence-electron chi connectivity index (χ4n) is 2.11. The number of nitrogens with zero attached hydrogens (tertiary/aromatic N) is 3. The summed E-state index contributed by atoms with van der Waals surface area (Å²) in [4.78, 5) is 16.9. The maximum absolute atomic E-state index is 12.7. The molecule has 0 saturated carbocycles. The number of aliphatic imine (C=N–C) groups is 1. The largest absolute Gasteiger partial charge is 0.287 e. The van der Waals surface area contributed by atoms with Crippen LogP contribution in [0.4, 0.5) is 11.5 Å². The number of aromatic nitrogens is 2. The van der Waals surface area contributed by atoms with Crippen molar-refractivity contribution >= 4 is 29.2 Å². The van der Waals surface area contributed by atoms with Crippen LogP contribution >= 0.6 is 0 Å². The summed E-state index contributed by atoms with van der Waals surface area (Å²) in [5, 5.41) is 11.1. The molecule has 0 aliphatic carbocycles. The Morgan fingerprint density at radius 1 is 1.08 bits per heavy atom. The lowest BCUT2D eigenvalue weighted by Crippen LogP contribution is -2.17. The van der Waals surface area contributed by atoms with Gasteiger partial charge < -0.3 is 0 Å². The van der Waals surface area contributed by atoms with Gasteiger partial charge in [0, 0.05) is 17.3 Å². The van der Waals surface area contributed by atoms with E-state index in [2.05, 4.69) is 25.7 Å². The molecule has 0 spiro atoms. The zero-order valence-corrected chi connectivity index (χ0v) is 13.7. The number of ketones is 1. The number of rotatable bonds is 6. The van der Waals surface area contributed by atoms with Gasteiger partial charge in [-0.05, 0) is 19.1 Å². The molecule has 25 heavy (non-hydrogen) atoms. The molecular weight excluding hydrogens is 314 g/mol. The van der Waals surface area contributed by atoms with Gasteiger partial charge in [-0.2, -0.15) is 10.2 Å². The molecule has 0 atom stereocenters. The van der Waals surface area contributed by atoms with Gasteiger partial charge in [0.25, 0.3) is 0 Å². The molecule has 1 aromatic heterocycles. The number of Topliss-reactive ketones (excluding diaryl/α,β-unsaturated/α-hetero) is 1. The van der Waals surface area contributed by atoms with E-state index in [0.29, 0.717) is 11.4 Å². The van der Waals surface area contributed by atoms with E-state index in [-0.39, 0.29) is 11.5 Å². The van der Waals surface area contributed by atoms with E-state index < -0.39 is 0 Å². The van der Waals surface area contributed by atoms with E-state index >= 15 is 0 Å². The van der Waals surface area contributed by atoms with Gasteiger partial charge in [-0.1, -0.05) is 48.5 Å². The third-order valence-corrected chi connectivity index (χ3v) is 3.36. The number of nitrogens with one attached hydrogen (secondary N) is 2. The summed E-state index contributed by atoms with van der Waals surface area (Å²) in [7, 11) is 0. The van der Waals surface area contributed by atoms with E-state index in [1.54, 1.807) is 18.2 Å². The summed E-state index contributed by atoms with van der Waals surface area (Å²) in [5.41, 5.74) is 5.29. The minimum absolute atomic E-state index is 0.190. The fourth-order valence-corrected chi connectivity index (χ4v) is 2.11. The SMILES string of the molecule is Cc1cc(N=C/C(=N/Nc2ccccc2)C(=O)c2ccccc2)n[nH]1. The van der Waals surface area contributed by atoms with Crippen LogP contribution in [0.1, 0.15) is 16.1 Å². The maximum Gasteiger partial charge on any atom is 0.214 e. The van der Waals surface area contributed by atoms with E-state index in [0.717, 1.165) is 11.4 Å². The van der Waals surface area contributed by atoms with Crippen LogP contribution in [0.3, 0.4) is 0 Å². The number of hydrogen-bond donors (Lipinski definition) is 2. The lowest BCUT2D eigenvalue weighted by atomic mass is 10.1. The predicted molar refractivity (Wildman–Crippen MR) is 99.7 cm³/mol. The third-order valence-electron chi connectivity index (χ3n) is 3.36. The Labute approximate surface area is 145 Å². The first-order valence-corrected chi connectivity index (χ1v) is 7.77. The molecule has 0 radical (unpaired) electrons. The summed E-state index contributed by atoms with van der Waals surface area (Å²) in [5.74, 6) is 0.269. The number of aryl methyl sites for hydroxylation is 1. The summed E-state index contributed by atoms with van der Waals surface area (Å²) in [6, 6.07) is 20.2. The topological polar surface area (TPSA) is 82.5 Å². The minimum Gasteiger partial charge on any atom is -0.287 e. The van der Waals surface area contributed by atoms with Crippen LogP contribution in [0.15, 0.2) is 76.8 Å². The standard InChI is InChI=1S/C19H17N5O/c1-14-12-18(24-21-14)20-13-17(19(25)15-8-4-2-5-9-15)23-22-16-10-6-3-7-11-16/h2-13,22H,1H3,(H,21,24)/b20-13?,23-17-. The first-order chi connectivity index (χ1) is 12.2. The number of H-pyrrole nitrogens is 1. The van der Waals surface area contributed by atoms with Crippen molar-refractivity contribution in [3.63, 3.8) is 0 Å². The second kappa shape index (κ2) is 7.83. The second-order valence-electron chi connectivity index (χ2n) is 5.34. The predicted octanol–water partition coefficient (Wildman–Crippen LogP) is 3.77. The second-order valence-corrected chi connectivity index (χ2v) is 5.34. The first kappa shape index (κ1) is 16.3. The molecule has 3 rings (SSSR count). The smallest absolute Gasteiger partial charge is 0.214 e. The highest BCUT2D eigenvalue weighted by molar-refractivity contribution is 6.65. The molecule has 0 bridgehead atoms. The number of anilines is 1. The van der Waals surface area contributed by atoms with Crippen LogP contribution in [0.2, 0.25) is 0 Å². The summed E-state index contributed by atoms with van der Waals surface area (Å²) < 4.78 is 0. The fraction of sp³-hybridized carbons (Fsp3) is 0.0526. The van der Waals surface area contributed by atoms with Crippen molar-refractivity contribution in [3.8, 4) is 0 Å². The van der Waals surface area contributed by atoms with Gasteiger partial charge in [0.05, 0.1) is 11.9 Å². The molecule has 0 fully saturated rings. The van der Waals surface area contributed by atoms with Crippen LogP contribution in [0, 0.1) is 6.92 Å². The molecule has 0 unspecified atom stereocenters. The molecule has 0 aliphatic heterocycles. The monoisotopic (exact) mass is 331 g/mol. The van der Waals surface area contributed by atoms with Crippen molar-refractivity contribution < 1.29 is 4.79 Å². The normalized spacial score (nSPS) is 11.6. The first-order valence-electron chi connectivity index (χ1n) is 7.77. The molecule has 6 nitrogen and oxygen atoms in total. The van der Waals surface area contributed by atoms with Crippen molar-refractivity contribution in [1.82, 2.24) is 10.2 Å². The molecule has 2 aromatic carbocycles. The molecular formula is C19H17N5O. The number of hydrogen-bond acceptors (Lipinski definition) is 5. The Morgan fingerprint density at radius 3 is 2.40 bits per heavy atom. The highest BCUT2D eigenvalue weighted by Crippen LogP contribution is 2.09. The number of benzene rings is 2. The zero-order chi connectivity index (χ0) is 17.5. The average Bonchev–Trinajstić information content (AvgIpc) is 3.08. The molecule has 0 saturated heterocycles. The van der Waals surface area contributed by atoms with E-state index in [1.807, 2.05) is 55.5 Å². The molecule has 124 valence electrons. The van der Waals surface area contributed by atoms with Gasteiger partial charge in [-0.15, -0.1) is 0 Å². The third kappa shape index (κ3) is 4.48. The van der Waals surface area contributed by atoms with Crippen molar-refractivity contribution in [1.29, 1.82) is 0 Å². The molecule has 0 aliphatic rings. The number of para-hydroxylation sites is 1. The van der Waals surface area contributed by atoms with Gasteiger partial charge >= 0.3 is 0 Å². The quantitative estimate of drug-likeness (QED) is 0.410. The van der Waals surface area contributed by atoms with Gasteiger partial charge in [-0.3, -0.25) is 15.3 Å². The van der Waals surface area contributed by atoms with Crippen molar-refractivity contribution in [2.24, 2.45) is 10.1 Å². The Kier molecular flexibility index (Phi) is 5.11. The highest BCUT2D eigenvalue weighted by Gasteiger charge is 2.12. The Balaban J connectivity index is 1.87. The van der Waals surface area contributed by atoms with Gasteiger partial charge in [0.1, 0.15) is 5.71 Å². The van der Waals surface area contributed by atoms with Crippen molar-refractivity contribution in [3.05, 3.63) is 78.0 Å². The number of hydrazone groups is 1. The summed E-state index contributed by atoms with van der Waals surface area (Å²) >= 11 is 0. The van der Waals surface area contributed by atoms with Gasteiger partial charge in [0.2, 0.25) is 5.78 Å². The summed E-state index contributed by atoms with van der Waals surface area (Å²) in [6.07, 6.45) is 1.42. The molecule has 0 amide bonds. The highest BCUT2D eigenvalue weighted by atomic mass is 16.1. The summed E-state index contributed by atoms with van der Waals surface area (Å²) in [6.45, 7) is 1.88. The zero-order valence-electron chi connectivity index (χ0n) is 13.7. The molecule has 1 heterocycles. The van der Waals surface area contributed by atoms with Crippen LogP contribution in [0.25, 0.3) is 0 Å². The molecule has 2 N–H and O–H groups in total. The van der Waals surface area contributed by atoms with Crippen molar-refractivity contribution in [2.75, 3.05) is 5.43 Å².